The van der Waals surface area contributed by atoms with Crippen molar-refractivity contribution in [2.45, 2.75) is 44.6 Å². The van der Waals surface area contributed by atoms with E-state index in [0.717, 1.165) is 38.8 Å². The van der Waals surface area contributed by atoms with Crippen LogP contribution in [-0.4, -0.2) is 41.9 Å². The summed E-state index contributed by atoms with van der Waals surface area (Å²) in [6, 6.07) is 7.18. The molecule has 148 valence electrons. The summed E-state index contributed by atoms with van der Waals surface area (Å²) in [5.74, 6) is -0.445. The summed E-state index contributed by atoms with van der Waals surface area (Å²) in [6.45, 7) is 1.59. The second-order valence-electron chi connectivity index (χ2n) is 8.70. The molecule has 1 N–H and O–H groups in total. The van der Waals surface area contributed by atoms with Gasteiger partial charge in [0.2, 0.25) is 5.91 Å². The first-order valence-corrected chi connectivity index (χ1v) is 10.5. The molecule has 2 heterocycles. The van der Waals surface area contributed by atoms with Gasteiger partial charge in [-0.05, 0) is 49.8 Å². The van der Waals surface area contributed by atoms with Crippen LogP contribution >= 0.6 is 0 Å². The SMILES string of the molecule is O=C(Nc1cccc(C(=O)N2CCCCCC2)c1)[C@@H]1[C@@H]2C[C@@H]3[C@@H]1C(=O)O[C@H]3C2. The Morgan fingerprint density at radius 1 is 1.07 bits per heavy atom. The molecule has 1 aromatic carbocycles. The highest BCUT2D eigenvalue weighted by atomic mass is 16.6. The summed E-state index contributed by atoms with van der Waals surface area (Å²) in [5, 5.41) is 2.97. The molecular weight excluding hydrogens is 356 g/mol. The number of nitrogens with one attached hydrogen (secondary N) is 1. The van der Waals surface area contributed by atoms with Crippen LogP contribution in [0.25, 0.3) is 0 Å². The first kappa shape index (κ1) is 17.7. The van der Waals surface area contributed by atoms with Crippen LogP contribution < -0.4 is 5.32 Å². The van der Waals surface area contributed by atoms with Crippen LogP contribution in [0.2, 0.25) is 0 Å². The third-order valence-corrected chi connectivity index (χ3v) is 7.06. The zero-order valence-electron chi connectivity index (χ0n) is 15.9. The highest BCUT2D eigenvalue weighted by Crippen LogP contribution is 2.57. The van der Waals surface area contributed by atoms with Crippen molar-refractivity contribution in [3.8, 4) is 0 Å². The zero-order chi connectivity index (χ0) is 19.3. The lowest BCUT2D eigenvalue weighted by atomic mass is 9.79. The van der Waals surface area contributed by atoms with Crippen molar-refractivity contribution in [1.29, 1.82) is 0 Å². The second kappa shape index (κ2) is 6.90. The van der Waals surface area contributed by atoms with Gasteiger partial charge < -0.3 is 15.0 Å². The molecule has 2 saturated carbocycles. The lowest BCUT2D eigenvalue weighted by molar-refractivity contribution is -0.145. The highest BCUT2D eigenvalue weighted by Gasteiger charge is 2.63. The van der Waals surface area contributed by atoms with Crippen LogP contribution in [0.15, 0.2) is 24.3 Å². The average Bonchev–Trinajstić information content (AvgIpc) is 3.20. The van der Waals surface area contributed by atoms with Crippen LogP contribution in [0.5, 0.6) is 0 Å². The summed E-state index contributed by atoms with van der Waals surface area (Å²) >= 11 is 0. The highest BCUT2D eigenvalue weighted by molar-refractivity contribution is 5.99. The van der Waals surface area contributed by atoms with Gasteiger partial charge in [0, 0.05) is 30.3 Å². The predicted octanol–water partition coefficient (Wildman–Crippen LogP) is 2.84. The number of fused-ring (bicyclic) bond motifs is 1. The third-order valence-electron chi connectivity index (χ3n) is 7.06. The van der Waals surface area contributed by atoms with Crippen LogP contribution in [0.1, 0.15) is 48.9 Å². The molecule has 0 unspecified atom stereocenters. The van der Waals surface area contributed by atoms with Gasteiger partial charge in [-0.25, -0.2) is 0 Å². The maximum absolute atomic E-state index is 13.0. The van der Waals surface area contributed by atoms with Gasteiger partial charge >= 0.3 is 5.97 Å². The summed E-state index contributed by atoms with van der Waals surface area (Å²) in [4.78, 5) is 39.9. The number of likely N-dealkylation sites (tertiary alicyclic amines) is 1. The number of hydrogen-bond donors (Lipinski definition) is 1. The Morgan fingerprint density at radius 3 is 2.64 bits per heavy atom. The molecule has 2 saturated heterocycles. The molecule has 0 spiro atoms. The van der Waals surface area contributed by atoms with E-state index in [4.69, 9.17) is 4.74 Å². The lowest BCUT2D eigenvalue weighted by Crippen LogP contribution is -2.36. The molecule has 6 nitrogen and oxygen atoms in total. The fraction of sp³-hybridized carbons (Fsp3) is 0.591. The fourth-order valence-corrected chi connectivity index (χ4v) is 5.78. The van der Waals surface area contributed by atoms with Crippen molar-refractivity contribution in [2.24, 2.45) is 23.7 Å². The van der Waals surface area contributed by atoms with Gasteiger partial charge in [0.15, 0.2) is 0 Å². The van der Waals surface area contributed by atoms with Crippen molar-refractivity contribution < 1.29 is 19.1 Å². The van der Waals surface area contributed by atoms with Gasteiger partial charge in [-0.2, -0.15) is 0 Å². The van der Waals surface area contributed by atoms with Crippen LogP contribution in [0.3, 0.4) is 0 Å². The summed E-state index contributed by atoms with van der Waals surface area (Å²) in [7, 11) is 0. The number of benzene rings is 1. The van der Waals surface area contributed by atoms with Crippen molar-refractivity contribution in [3.05, 3.63) is 29.8 Å². The molecule has 1 aromatic rings. The molecule has 4 aliphatic rings. The van der Waals surface area contributed by atoms with Crippen LogP contribution in [-0.2, 0) is 14.3 Å². The van der Waals surface area contributed by atoms with Gasteiger partial charge in [0.05, 0.1) is 11.8 Å². The smallest absolute Gasteiger partial charge is 0.310 e. The minimum atomic E-state index is -0.304. The normalized spacial score (nSPS) is 33.5. The van der Waals surface area contributed by atoms with Gasteiger partial charge in [-0.15, -0.1) is 0 Å². The Kier molecular flexibility index (Phi) is 4.37. The number of carbonyl (C=O) groups is 3. The molecule has 2 bridgehead atoms. The third kappa shape index (κ3) is 2.90. The number of ether oxygens (including phenoxy) is 1. The van der Waals surface area contributed by atoms with Crippen LogP contribution in [0.4, 0.5) is 5.69 Å². The van der Waals surface area contributed by atoms with E-state index in [0.29, 0.717) is 11.3 Å². The van der Waals surface area contributed by atoms with Crippen molar-refractivity contribution in [3.63, 3.8) is 0 Å². The lowest BCUT2D eigenvalue weighted by Gasteiger charge is -2.24. The van der Waals surface area contributed by atoms with Crippen molar-refractivity contribution in [1.82, 2.24) is 4.90 Å². The number of hydrogen-bond acceptors (Lipinski definition) is 4. The minimum Gasteiger partial charge on any atom is -0.462 e. The number of amides is 2. The molecule has 0 aromatic heterocycles. The largest absolute Gasteiger partial charge is 0.462 e. The van der Waals surface area contributed by atoms with Gasteiger partial charge in [0.1, 0.15) is 6.10 Å². The molecule has 6 heteroatoms. The van der Waals surface area contributed by atoms with E-state index in [-0.39, 0.29) is 47.6 Å². The van der Waals surface area contributed by atoms with Gasteiger partial charge in [0.25, 0.3) is 5.91 Å². The van der Waals surface area contributed by atoms with Gasteiger partial charge in [-0.3, -0.25) is 14.4 Å². The van der Waals surface area contributed by atoms with E-state index in [1.54, 1.807) is 24.3 Å². The van der Waals surface area contributed by atoms with E-state index in [2.05, 4.69) is 5.32 Å². The Bertz CT molecular complexity index is 813. The predicted molar refractivity (Wildman–Crippen MR) is 103 cm³/mol. The average molecular weight is 382 g/mol. The van der Waals surface area contributed by atoms with E-state index in [9.17, 15) is 14.4 Å². The molecule has 4 fully saturated rings. The number of rotatable bonds is 3. The maximum Gasteiger partial charge on any atom is 0.310 e. The number of carbonyl (C=O) groups excluding carboxylic acids is 3. The molecule has 5 atom stereocenters. The first-order valence-electron chi connectivity index (χ1n) is 10.5. The van der Waals surface area contributed by atoms with Crippen molar-refractivity contribution in [2.75, 3.05) is 18.4 Å². The number of anilines is 1. The molecule has 2 amide bonds. The summed E-state index contributed by atoms with van der Waals surface area (Å²) < 4.78 is 5.43. The Hall–Kier alpha value is -2.37. The van der Waals surface area contributed by atoms with E-state index < -0.39 is 0 Å². The quantitative estimate of drug-likeness (QED) is 0.816. The fourth-order valence-electron chi connectivity index (χ4n) is 5.78. The number of nitrogens with zero attached hydrogens (tertiary/aromatic N) is 1. The molecule has 2 aliphatic carbocycles. The number of esters is 1. The standard InChI is InChI=1S/C22H26N2O4/c25-20(18-14-11-16-17(12-14)28-22(27)19(16)18)23-15-7-5-6-13(10-15)21(26)24-8-3-1-2-4-9-24/h5-7,10,14,16-19H,1-4,8-9,11-12H2,(H,23,25)/t14-,16+,17+,18-,19+/m1/s1. The zero-order valence-corrected chi connectivity index (χ0v) is 15.9. The Balaban J connectivity index is 1.30. The molecule has 2 aliphatic heterocycles. The van der Waals surface area contributed by atoms with Gasteiger partial charge in [-0.1, -0.05) is 18.9 Å². The minimum absolute atomic E-state index is 0.0279. The van der Waals surface area contributed by atoms with E-state index >= 15 is 0 Å². The second-order valence-corrected chi connectivity index (χ2v) is 8.70. The Morgan fingerprint density at radius 2 is 1.86 bits per heavy atom. The summed E-state index contributed by atoms with van der Waals surface area (Å²) in [5.41, 5.74) is 1.23. The van der Waals surface area contributed by atoms with Crippen LogP contribution in [0, 0.1) is 23.7 Å². The molecule has 28 heavy (non-hydrogen) atoms. The maximum atomic E-state index is 13.0. The van der Waals surface area contributed by atoms with Crippen molar-refractivity contribution >= 4 is 23.5 Å². The molecular formula is C22H26N2O4. The van der Waals surface area contributed by atoms with E-state index in [1.165, 1.54) is 12.8 Å². The molecule has 0 radical (unpaired) electrons. The first-order chi connectivity index (χ1) is 13.6. The Labute approximate surface area is 164 Å². The monoisotopic (exact) mass is 382 g/mol. The summed E-state index contributed by atoms with van der Waals surface area (Å²) in [6.07, 6.45) is 6.18. The topological polar surface area (TPSA) is 75.7 Å². The van der Waals surface area contributed by atoms with E-state index in [1.807, 2.05) is 4.90 Å². The molecule has 5 rings (SSSR count).